The highest BCUT2D eigenvalue weighted by Gasteiger charge is 2.30. The van der Waals surface area contributed by atoms with E-state index >= 15 is 0 Å². The van der Waals surface area contributed by atoms with Crippen molar-refractivity contribution in [3.63, 3.8) is 0 Å². The molecule has 2 N–H and O–H groups in total. The van der Waals surface area contributed by atoms with Crippen molar-refractivity contribution in [2.24, 2.45) is 5.92 Å². The molecule has 0 aromatic rings. The summed E-state index contributed by atoms with van der Waals surface area (Å²) in [6, 6.07) is 0. The normalized spacial score (nSPS) is 29.2. The van der Waals surface area contributed by atoms with Gasteiger partial charge in [0.15, 0.2) is 0 Å². The zero-order valence-corrected chi connectivity index (χ0v) is 8.82. The van der Waals surface area contributed by atoms with Gasteiger partial charge in [-0.2, -0.15) is 0 Å². The average Bonchev–Trinajstić information content (AvgIpc) is 2.17. The smallest absolute Gasteiger partial charge is 0.207 e. The van der Waals surface area contributed by atoms with Crippen molar-refractivity contribution < 1.29 is 13.9 Å². The van der Waals surface area contributed by atoms with Crippen molar-refractivity contribution >= 4 is 30.4 Å². The minimum Gasteiger partial charge on any atom is -0.330 e. The molecule has 0 aromatic heterocycles. The van der Waals surface area contributed by atoms with Crippen LogP contribution < -0.4 is 0 Å². The predicted octanol–water partition coefficient (Wildman–Crippen LogP) is 2.56. The van der Waals surface area contributed by atoms with Crippen LogP contribution in [0.2, 0.25) is 0 Å². The Morgan fingerprint density at radius 1 is 1.54 bits per heavy atom. The average molecular weight is 219 g/mol. The number of carbonyl (C=O) groups excluding carboxylic acids is 1. The minimum absolute atomic E-state index is 0.103. The summed E-state index contributed by atoms with van der Waals surface area (Å²) in [7, 11) is 0. The van der Waals surface area contributed by atoms with Crippen LogP contribution in [-0.2, 0) is 4.79 Å². The summed E-state index contributed by atoms with van der Waals surface area (Å²) in [6.07, 6.45) is 3.34. The fraction of sp³-hybridized carbons (Fsp3) is 0.625. The van der Waals surface area contributed by atoms with Crippen LogP contribution in [0.4, 0.5) is 0 Å². The molecule has 0 aromatic carbocycles. The van der Waals surface area contributed by atoms with Gasteiger partial charge in [0.25, 0.3) is 0 Å². The molecule has 0 fully saturated rings. The molecule has 13 heavy (non-hydrogen) atoms. The van der Waals surface area contributed by atoms with Gasteiger partial charge in [0.2, 0.25) is 6.29 Å². The van der Waals surface area contributed by atoms with Gasteiger partial charge in [0, 0.05) is 22.2 Å². The van der Waals surface area contributed by atoms with Gasteiger partial charge in [-0.05, 0) is 37.4 Å². The van der Waals surface area contributed by atoms with Gasteiger partial charge in [0.05, 0.1) is 5.92 Å². The Balaban J connectivity index is 2.87. The van der Waals surface area contributed by atoms with Crippen molar-refractivity contribution in [1.82, 2.24) is 0 Å². The molecule has 0 spiro atoms. The molecule has 2 unspecified atom stereocenters. The number of hydrogen-bond acceptors (Lipinski definition) is 5. The van der Waals surface area contributed by atoms with E-state index in [9.17, 15) is 4.79 Å². The Hall–Kier alpha value is 0.0300. The second kappa shape index (κ2) is 5.05. The van der Waals surface area contributed by atoms with Gasteiger partial charge in [-0.3, -0.25) is 4.79 Å². The summed E-state index contributed by atoms with van der Waals surface area (Å²) >= 11 is 1.40. The van der Waals surface area contributed by atoms with E-state index in [0.717, 1.165) is 16.9 Å². The van der Waals surface area contributed by atoms with Gasteiger partial charge in [-0.15, -0.1) is 0 Å². The highest BCUT2D eigenvalue weighted by atomic mass is 32.2. The highest BCUT2D eigenvalue weighted by molar-refractivity contribution is 7.97. The lowest BCUT2D eigenvalue weighted by Gasteiger charge is -2.26. The van der Waals surface area contributed by atoms with Crippen molar-refractivity contribution in [2.75, 3.05) is 0 Å². The van der Waals surface area contributed by atoms with Gasteiger partial charge < -0.3 is 9.11 Å². The van der Waals surface area contributed by atoms with Crippen molar-refractivity contribution in [1.29, 1.82) is 0 Å². The zero-order valence-electron chi connectivity index (χ0n) is 7.19. The topological polar surface area (TPSA) is 57.5 Å². The lowest BCUT2D eigenvalue weighted by Crippen LogP contribution is -2.24. The Labute approximate surface area is 86.0 Å². The summed E-state index contributed by atoms with van der Waals surface area (Å²) in [5.41, 5.74) is 0.834. The number of allylic oxidation sites excluding steroid dienone is 2. The molecular formula is C8H11O3S2. The summed E-state index contributed by atoms with van der Waals surface area (Å²) in [6.45, 7) is 1.80. The molecule has 2 atom stereocenters. The van der Waals surface area contributed by atoms with Crippen molar-refractivity contribution in [2.45, 2.75) is 25.0 Å². The lowest BCUT2D eigenvalue weighted by atomic mass is 9.89. The van der Waals surface area contributed by atoms with E-state index in [1.54, 1.807) is 6.92 Å². The first-order valence-corrected chi connectivity index (χ1v) is 5.54. The van der Waals surface area contributed by atoms with E-state index in [2.05, 4.69) is 0 Å². The Morgan fingerprint density at radius 2 is 2.23 bits per heavy atom. The fourth-order valence-electron chi connectivity index (χ4n) is 1.48. The standard InChI is InChI=1S/C8H11O3S2/c1-5-6(4-9)8(13-11)3-2-7(5)12-10/h6,8,10-11H,2-3H2,1H3. The SMILES string of the molecule is CC1=C(SO)CCC(SO)C1[C]=O. The van der Waals surface area contributed by atoms with Crippen LogP contribution in [0, 0.1) is 5.92 Å². The molecular weight excluding hydrogens is 208 g/mol. The Kier molecular flexibility index (Phi) is 4.31. The molecule has 0 saturated heterocycles. The maximum absolute atomic E-state index is 10.6. The highest BCUT2D eigenvalue weighted by Crippen LogP contribution is 2.38. The molecule has 0 bridgehead atoms. The monoisotopic (exact) mass is 219 g/mol. The third kappa shape index (κ3) is 2.28. The summed E-state index contributed by atoms with van der Waals surface area (Å²) in [5.74, 6) is -0.376. The van der Waals surface area contributed by atoms with Gasteiger partial charge in [-0.25, -0.2) is 0 Å². The number of hydrogen-bond donors (Lipinski definition) is 2. The molecule has 0 amide bonds. The third-order valence-corrected chi connectivity index (χ3v) is 3.83. The van der Waals surface area contributed by atoms with Crippen molar-refractivity contribution in [3.8, 4) is 0 Å². The number of rotatable bonds is 3. The van der Waals surface area contributed by atoms with Crippen LogP contribution in [0.15, 0.2) is 10.5 Å². The molecule has 5 heteroatoms. The van der Waals surface area contributed by atoms with E-state index in [1.165, 1.54) is 0 Å². The largest absolute Gasteiger partial charge is 0.330 e. The first kappa shape index (κ1) is 11.1. The van der Waals surface area contributed by atoms with Crippen LogP contribution >= 0.6 is 24.1 Å². The Morgan fingerprint density at radius 3 is 2.69 bits per heavy atom. The second-order valence-corrected chi connectivity index (χ2v) is 4.47. The molecule has 0 heterocycles. The van der Waals surface area contributed by atoms with E-state index in [0.29, 0.717) is 30.5 Å². The third-order valence-electron chi connectivity index (χ3n) is 2.31. The van der Waals surface area contributed by atoms with Crippen LogP contribution in [0.25, 0.3) is 0 Å². The van der Waals surface area contributed by atoms with E-state index < -0.39 is 0 Å². The molecule has 1 aliphatic rings. The van der Waals surface area contributed by atoms with Crippen LogP contribution in [-0.4, -0.2) is 20.6 Å². The van der Waals surface area contributed by atoms with Crippen molar-refractivity contribution in [3.05, 3.63) is 10.5 Å². The van der Waals surface area contributed by atoms with Gasteiger partial charge in [-0.1, -0.05) is 0 Å². The molecule has 0 aliphatic heterocycles. The molecule has 1 rings (SSSR count). The first-order chi connectivity index (χ1) is 6.24. The maximum Gasteiger partial charge on any atom is 0.207 e. The minimum atomic E-state index is -0.376. The van der Waals surface area contributed by atoms with Gasteiger partial charge in [0.1, 0.15) is 0 Å². The summed E-state index contributed by atoms with van der Waals surface area (Å²) in [4.78, 5) is 11.5. The van der Waals surface area contributed by atoms with E-state index in [4.69, 9.17) is 9.11 Å². The summed E-state index contributed by atoms with van der Waals surface area (Å²) in [5, 5.41) is -0.103. The predicted molar refractivity (Wildman–Crippen MR) is 55.3 cm³/mol. The molecule has 1 radical (unpaired) electrons. The van der Waals surface area contributed by atoms with E-state index in [-0.39, 0.29) is 11.2 Å². The fourth-order valence-corrected chi connectivity index (χ4v) is 2.57. The first-order valence-electron chi connectivity index (χ1n) is 3.93. The van der Waals surface area contributed by atoms with Crippen LogP contribution in [0.1, 0.15) is 19.8 Å². The van der Waals surface area contributed by atoms with Crippen LogP contribution in [0.5, 0.6) is 0 Å². The molecule has 3 nitrogen and oxygen atoms in total. The molecule has 1 aliphatic carbocycles. The molecule has 73 valence electrons. The van der Waals surface area contributed by atoms with Crippen LogP contribution in [0.3, 0.4) is 0 Å². The van der Waals surface area contributed by atoms with Gasteiger partial charge >= 0.3 is 0 Å². The Bertz CT molecular complexity index is 227. The maximum atomic E-state index is 10.6. The lowest BCUT2D eigenvalue weighted by molar-refractivity contribution is 0.509. The summed E-state index contributed by atoms with van der Waals surface area (Å²) < 4.78 is 17.8. The van der Waals surface area contributed by atoms with E-state index in [1.807, 2.05) is 6.29 Å². The quantitative estimate of drug-likeness (QED) is 0.714. The molecule has 0 saturated carbocycles. The second-order valence-electron chi connectivity index (χ2n) is 2.98. The zero-order chi connectivity index (χ0) is 9.84.